The number of anilines is 1. The fourth-order valence-electron chi connectivity index (χ4n) is 2.12. The van der Waals surface area contributed by atoms with Crippen LogP contribution in [0.1, 0.15) is 39.7 Å². The third-order valence-corrected chi connectivity index (χ3v) is 3.57. The second-order valence-electron chi connectivity index (χ2n) is 5.55. The zero-order valence-electron chi connectivity index (χ0n) is 12.7. The molecule has 1 aromatic carbocycles. The van der Waals surface area contributed by atoms with E-state index in [-0.39, 0.29) is 12.1 Å². The van der Waals surface area contributed by atoms with E-state index >= 15 is 0 Å². The number of aliphatic hydroxyl groups excluding tert-OH is 1. The van der Waals surface area contributed by atoms with Gasteiger partial charge in [-0.1, -0.05) is 12.1 Å². The van der Waals surface area contributed by atoms with Crippen LogP contribution < -0.4 is 10.2 Å². The van der Waals surface area contributed by atoms with Gasteiger partial charge in [-0.15, -0.1) is 0 Å². The topological polar surface area (TPSA) is 35.5 Å². The van der Waals surface area contributed by atoms with E-state index in [2.05, 4.69) is 62.2 Å². The second kappa shape index (κ2) is 7.51. The molecule has 0 aliphatic rings. The van der Waals surface area contributed by atoms with Crippen molar-refractivity contribution in [1.82, 2.24) is 5.32 Å². The molecule has 0 bridgehead atoms. The first-order valence-corrected chi connectivity index (χ1v) is 7.22. The van der Waals surface area contributed by atoms with Crippen LogP contribution in [0.15, 0.2) is 24.3 Å². The van der Waals surface area contributed by atoms with E-state index in [0.717, 1.165) is 26.1 Å². The summed E-state index contributed by atoms with van der Waals surface area (Å²) in [5.41, 5.74) is 2.54. The second-order valence-corrected chi connectivity index (χ2v) is 5.55. The highest BCUT2D eigenvalue weighted by atomic mass is 16.3. The van der Waals surface area contributed by atoms with Gasteiger partial charge in [0.15, 0.2) is 0 Å². The molecule has 0 atom stereocenters. The standard InChI is InChI=1S/C16H28N2O/c1-5-18(6-2)15-9-7-14(8-10-15)13-17-16(3,4)11-12-19/h7-10,17,19H,5-6,11-13H2,1-4H3. The lowest BCUT2D eigenvalue weighted by Crippen LogP contribution is -2.39. The van der Waals surface area contributed by atoms with Crippen LogP contribution in [-0.2, 0) is 6.54 Å². The molecule has 0 aliphatic heterocycles. The predicted octanol–water partition coefficient (Wildman–Crippen LogP) is 2.78. The number of hydrogen-bond acceptors (Lipinski definition) is 3. The van der Waals surface area contributed by atoms with Crippen LogP contribution in [-0.4, -0.2) is 30.3 Å². The molecule has 19 heavy (non-hydrogen) atoms. The largest absolute Gasteiger partial charge is 0.396 e. The number of benzene rings is 1. The number of aliphatic hydroxyl groups is 1. The first-order chi connectivity index (χ1) is 9.02. The molecule has 0 heterocycles. The van der Waals surface area contributed by atoms with Crippen LogP contribution >= 0.6 is 0 Å². The fraction of sp³-hybridized carbons (Fsp3) is 0.625. The van der Waals surface area contributed by atoms with Gasteiger partial charge in [0.25, 0.3) is 0 Å². The van der Waals surface area contributed by atoms with E-state index < -0.39 is 0 Å². The summed E-state index contributed by atoms with van der Waals surface area (Å²) in [5.74, 6) is 0. The Labute approximate surface area is 117 Å². The summed E-state index contributed by atoms with van der Waals surface area (Å²) >= 11 is 0. The molecule has 1 rings (SSSR count). The van der Waals surface area contributed by atoms with Crippen molar-refractivity contribution in [2.24, 2.45) is 0 Å². The molecular formula is C16H28N2O. The first-order valence-electron chi connectivity index (χ1n) is 7.22. The minimum absolute atomic E-state index is 0.0215. The molecule has 2 N–H and O–H groups in total. The Morgan fingerprint density at radius 1 is 1.11 bits per heavy atom. The van der Waals surface area contributed by atoms with E-state index in [1.807, 2.05) is 0 Å². The summed E-state index contributed by atoms with van der Waals surface area (Å²) in [6, 6.07) is 8.72. The predicted molar refractivity (Wildman–Crippen MR) is 82.6 cm³/mol. The molecule has 0 aliphatic carbocycles. The summed E-state index contributed by atoms with van der Waals surface area (Å²) in [7, 11) is 0. The number of hydrogen-bond donors (Lipinski definition) is 2. The van der Waals surface area contributed by atoms with E-state index in [9.17, 15) is 0 Å². The Hall–Kier alpha value is -1.06. The van der Waals surface area contributed by atoms with Gasteiger partial charge in [0.05, 0.1) is 0 Å². The van der Waals surface area contributed by atoms with Gasteiger partial charge in [0.2, 0.25) is 0 Å². The maximum Gasteiger partial charge on any atom is 0.0448 e. The maximum atomic E-state index is 9.01. The van der Waals surface area contributed by atoms with Crippen molar-refractivity contribution in [1.29, 1.82) is 0 Å². The van der Waals surface area contributed by atoms with Crippen molar-refractivity contribution in [3.8, 4) is 0 Å². The Balaban J connectivity index is 2.57. The van der Waals surface area contributed by atoms with Gasteiger partial charge in [0.1, 0.15) is 0 Å². The van der Waals surface area contributed by atoms with Gasteiger partial charge in [-0.05, 0) is 51.8 Å². The Bertz CT molecular complexity index is 356. The molecular weight excluding hydrogens is 236 g/mol. The van der Waals surface area contributed by atoms with Crippen LogP contribution in [0, 0.1) is 0 Å². The Morgan fingerprint density at radius 2 is 1.68 bits per heavy atom. The third kappa shape index (κ3) is 5.21. The highest BCUT2D eigenvalue weighted by Crippen LogP contribution is 2.16. The monoisotopic (exact) mass is 264 g/mol. The third-order valence-electron chi connectivity index (χ3n) is 3.57. The lowest BCUT2D eigenvalue weighted by atomic mass is 10.0. The van der Waals surface area contributed by atoms with Gasteiger partial charge in [0, 0.05) is 37.5 Å². The summed E-state index contributed by atoms with van der Waals surface area (Å²) in [6.07, 6.45) is 0.768. The van der Waals surface area contributed by atoms with E-state index in [1.54, 1.807) is 0 Å². The molecule has 3 heteroatoms. The molecule has 0 spiro atoms. The molecule has 0 unspecified atom stereocenters. The average Bonchev–Trinajstić information content (AvgIpc) is 2.39. The van der Waals surface area contributed by atoms with Crippen LogP contribution in [0.3, 0.4) is 0 Å². The normalized spacial score (nSPS) is 11.6. The highest BCUT2D eigenvalue weighted by molar-refractivity contribution is 5.47. The average molecular weight is 264 g/mol. The minimum Gasteiger partial charge on any atom is -0.396 e. The van der Waals surface area contributed by atoms with Crippen molar-refractivity contribution >= 4 is 5.69 Å². The molecule has 0 amide bonds. The van der Waals surface area contributed by atoms with E-state index in [1.165, 1.54) is 11.3 Å². The minimum atomic E-state index is -0.0215. The summed E-state index contributed by atoms with van der Waals surface area (Å²) < 4.78 is 0. The summed E-state index contributed by atoms with van der Waals surface area (Å²) in [6.45, 7) is 11.7. The number of nitrogens with one attached hydrogen (secondary N) is 1. The SMILES string of the molecule is CCN(CC)c1ccc(CNC(C)(C)CCO)cc1. The van der Waals surface area contributed by atoms with E-state index in [0.29, 0.717) is 0 Å². The Kier molecular flexibility index (Phi) is 6.32. The van der Waals surface area contributed by atoms with Crippen LogP contribution in [0.2, 0.25) is 0 Å². The molecule has 1 aromatic rings. The van der Waals surface area contributed by atoms with Gasteiger partial charge in [-0.2, -0.15) is 0 Å². The van der Waals surface area contributed by atoms with Crippen molar-refractivity contribution < 1.29 is 5.11 Å². The number of rotatable bonds is 8. The van der Waals surface area contributed by atoms with Gasteiger partial charge >= 0.3 is 0 Å². The lowest BCUT2D eigenvalue weighted by molar-refractivity contribution is 0.230. The fourth-order valence-corrected chi connectivity index (χ4v) is 2.12. The Morgan fingerprint density at radius 3 is 2.16 bits per heavy atom. The van der Waals surface area contributed by atoms with Gasteiger partial charge < -0.3 is 15.3 Å². The van der Waals surface area contributed by atoms with Crippen molar-refractivity contribution in [3.63, 3.8) is 0 Å². The number of nitrogens with zero attached hydrogens (tertiary/aromatic N) is 1. The molecule has 0 aromatic heterocycles. The quantitative estimate of drug-likeness (QED) is 0.758. The van der Waals surface area contributed by atoms with Crippen molar-refractivity contribution in [3.05, 3.63) is 29.8 Å². The molecule has 0 saturated heterocycles. The highest BCUT2D eigenvalue weighted by Gasteiger charge is 2.15. The van der Waals surface area contributed by atoms with Crippen LogP contribution in [0.5, 0.6) is 0 Å². The molecule has 0 radical (unpaired) electrons. The van der Waals surface area contributed by atoms with Crippen molar-refractivity contribution in [2.75, 3.05) is 24.6 Å². The van der Waals surface area contributed by atoms with Crippen LogP contribution in [0.25, 0.3) is 0 Å². The lowest BCUT2D eigenvalue weighted by Gasteiger charge is -2.26. The summed E-state index contributed by atoms with van der Waals surface area (Å²) in [5, 5.41) is 12.5. The zero-order chi connectivity index (χ0) is 14.3. The first kappa shape index (κ1) is 16.0. The molecule has 3 nitrogen and oxygen atoms in total. The molecule has 0 saturated carbocycles. The van der Waals surface area contributed by atoms with E-state index in [4.69, 9.17) is 5.11 Å². The summed E-state index contributed by atoms with van der Waals surface area (Å²) in [4.78, 5) is 2.34. The van der Waals surface area contributed by atoms with Gasteiger partial charge in [-0.3, -0.25) is 0 Å². The smallest absolute Gasteiger partial charge is 0.0448 e. The molecule has 0 fully saturated rings. The molecule has 108 valence electrons. The zero-order valence-corrected chi connectivity index (χ0v) is 12.7. The maximum absolute atomic E-state index is 9.01. The van der Waals surface area contributed by atoms with Crippen molar-refractivity contribution in [2.45, 2.75) is 46.2 Å². The van der Waals surface area contributed by atoms with Gasteiger partial charge in [-0.25, -0.2) is 0 Å². The van der Waals surface area contributed by atoms with Crippen LogP contribution in [0.4, 0.5) is 5.69 Å².